The van der Waals surface area contributed by atoms with Crippen molar-refractivity contribution in [2.75, 3.05) is 0 Å². The first-order valence-corrected chi connectivity index (χ1v) is 5.39. The molecule has 0 saturated carbocycles. The predicted octanol–water partition coefficient (Wildman–Crippen LogP) is 2.52. The molecule has 90 valence electrons. The molecule has 2 rings (SSSR count). The van der Waals surface area contributed by atoms with Crippen molar-refractivity contribution in [2.45, 2.75) is 39.4 Å². The van der Waals surface area contributed by atoms with Crippen molar-refractivity contribution >= 4 is 0 Å². The smallest absolute Gasteiger partial charge is 0.307 e. The van der Waals surface area contributed by atoms with E-state index in [9.17, 15) is 13.2 Å². The van der Waals surface area contributed by atoms with Crippen LogP contribution in [0.2, 0.25) is 0 Å². The second-order valence-electron chi connectivity index (χ2n) is 4.59. The molecule has 1 atom stereocenters. The average molecular weight is 233 g/mol. The molecule has 16 heavy (non-hydrogen) atoms. The summed E-state index contributed by atoms with van der Waals surface area (Å²) in [5.41, 5.74) is 0. The number of alkyl halides is 3. The number of hydrogen-bond donors (Lipinski definition) is 0. The molecular weight excluding hydrogens is 219 g/mol. The zero-order chi connectivity index (χ0) is 11.9. The van der Waals surface area contributed by atoms with Crippen LogP contribution in [0.3, 0.4) is 0 Å². The maximum atomic E-state index is 12.6. The van der Waals surface area contributed by atoms with Gasteiger partial charge >= 0.3 is 6.18 Å². The van der Waals surface area contributed by atoms with E-state index in [1.807, 2.05) is 13.8 Å². The highest BCUT2D eigenvalue weighted by atomic mass is 19.4. The highest BCUT2D eigenvalue weighted by Crippen LogP contribution is 2.32. The summed E-state index contributed by atoms with van der Waals surface area (Å²) < 4.78 is 39.1. The van der Waals surface area contributed by atoms with Crippen molar-refractivity contribution in [2.24, 2.45) is 11.8 Å². The van der Waals surface area contributed by atoms with Gasteiger partial charge in [0, 0.05) is 13.0 Å². The van der Waals surface area contributed by atoms with Gasteiger partial charge in [-0.3, -0.25) is 0 Å². The molecule has 0 spiro atoms. The Bertz CT molecular complexity index is 381. The van der Waals surface area contributed by atoms with Crippen molar-refractivity contribution in [3.8, 4) is 0 Å². The molecule has 3 nitrogen and oxygen atoms in total. The highest BCUT2D eigenvalue weighted by molar-refractivity contribution is 5.03. The van der Waals surface area contributed by atoms with E-state index >= 15 is 0 Å². The van der Waals surface area contributed by atoms with Crippen molar-refractivity contribution in [1.29, 1.82) is 0 Å². The minimum atomic E-state index is -4.40. The lowest BCUT2D eigenvalue weighted by molar-refractivity contribution is -0.148. The lowest BCUT2D eigenvalue weighted by atomic mass is 9.89. The average Bonchev–Trinajstić information content (AvgIpc) is 2.58. The summed E-state index contributed by atoms with van der Waals surface area (Å²) in [5.74, 6) is 0.276. The standard InChI is InChI=1S/C10H14F3N3/c1-6(2)7-3-4-8-14-15-9(10(11,12)13)16(8)5-7/h6-7H,3-5H2,1-2H3. The van der Waals surface area contributed by atoms with Gasteiger partial charge in [0.05, 0.1) is 0 Å². The number of aromatic nitrogens is 3. The fourth-order valence-corrected chi connectivity index (χ4v) is 2.11. The molecule has 6 heteroatoms. The van der Waals surface area contributed by atoms with Gasteiger partial charge in [0.1, 0.15) is 5.82 Å². The summed E-state index contributed by atoms with van der Waals surface area (Å²) in [6.07, 6.45) is -2.91. The molecule has 0 bridgehead atoms. The molecular formula is C10H14F3N3. The van der Waals surface area contributed by atoms with Gasteiger partial charge in [0.2, 0.25) is 5.82 Å². The van der Waals surface area contributed by atoms with Crippen molar-refractivity contribution in [3.63, 3.8) is 0 Å². The van der Waals surface area contributed by atoms with E-state index in [0.29, 0.717) is 24.7 Å². The molecule has 1 aliphatic rings. The van der Waals surface area contributed by atoms with Gasteiger partial charge in [-0.1, -0.05) is 13.8 Å². The van der Waals surface area contributed by atoms with Crippen LogP contribution >= 0.6 is 0 Å². The molecule has 0 fully saturated rings. The Balaban J connectivity index is 2.32. The van der Waals surface area contributed by atoms with Gasteiger partial charge < -0.3 is 4.57 Å². The molecule has 0 saturated heterocycles. The molecule has 0 N–H and O–H groups in total. The highest BCUT2D eigenvalue weighted by Gasteiger charge is 2.40. The van der Waals surface area contributed by atoms with Crippen LogP contribution in [0, 0.1) is 11.8 Å². The molecule has 0 aromatic carbocycles. The van der Waals surface area contributed by atoms with Gasteiger partial charge in [-0.15, -0.1) is 10.2 Å². The Morgan fingerprint density at radius 3 is 2.56 bits per heavy atom. The maximum absolute atomic E-state index is 12.6. The summed E-state index contributed by atoms with van der Waals surface area (Å²) >= 11 is 0. The Morgan fingerprint density at radius 1 is 1.31 bits per heavy atom. The molecule has 0 amide bonds. The Morgan fingerprint density at radius 2 is 2.00 bits per heavy atom. The Hall–Kier alpha value is -1.07. The number of aryl methyl sites for hydroxylation is 1. The lowest BCUT2D eigenvalue weighted by Gasteiger charge is -2.27. The molecule has 1 aliphatic heterocycles. The van der Waals surface area contributed by atoms with Gasteiger partial charge in [-0.25, -0.2) is 0 Å². The third kappa shape index (κ3) is 1.92. The largest absolute Gasteiger partial charge is 0.451 e. The molecule has 0 radical (unpaired) electrons. The monoisotopic (exact) mass is 233 g/mol. The van der Waals surface area contributed by atoms with E-state index in [4.69, 9.17) is 0 Å². The molecule has 1 aromatic heterocycles. The van der Waals surface area contributed by atoms with Crippen LogP contribution in [-0.4, -0.2) is 14.8 Å². The maximum Gasteiger partial charge on any atom is 0.451 e. The number of rotatable bonds is 1. The van der Waals surface area contributed by atoms with Gasteiger partial charge in [-0.05, 0) is 18.3 Å². The third-order valence-corrected chi connectivity index (χ3v) is 3.18. The molecule has 1 unspecified atom stereocenters. The van der Waals surface area contributed by atoms with Gasteiger partial charge in [0.25, 0.3) is 0 Å². The number of halogens is 3. The van der Waals surface area contributed by atoms with E-state index in [-0.39, 0.29) is 5.92 Å². The summed E-state index contributed by atoms with van der Waals surface area (Å²) in [7, 11) is 0. The molecule has 2 heterocycles. The summed E-state index contributed by atoms with van der Waals surface area (Å²) in [5, 5.41) is 6.86. The SMILES string of the molecule is CC(C)C1CCc2nnc(C(F)(F)F)n2C1. The van der Waals surface area contributed by atoms with Crippen LogP contribution in [0.25, 0.3) is 0 Å². The predicted molar refractivity (Wildman–Crippen MR) is 51.7 cm³/mol. The summed E-state index contributed by atoms with van der Waals surface area (Å²) in [4.78, 5) is 0. The molecule has 0 aliphatic carbocycles. The van der Waals surface area contributed by atoms with Crippen molar-refractivity contribution in [3.05, 3.63) is 11.6 Å². The van der Waals surface area contributed by atoms with Gasteiger partial charge in [0.15, 0.2) is 0 Å². The number of fused-ring (bicyclic) bond motifs is 1. The van der Waals surface area contributed by atoms with Crippen molar-refractivity contribution < 1.29 is 13.2 Å². The van der Waals surface area contributed by atoms with Crippen LogP contribution in [0.15, 0.2) is 0 Å². The van der Waals surface area contributed by atoms with E-state index in [1.54, 1.807) is 0 Å². The topological polar surface area (TPSA) is 30.7 Å². The number of hydrogen-bond acceptors (Lipinski definition) is 2. The first kappa shape index (κ1) is 11.4. The van der Waals surface area contributed by atoms with E-state index < -0.39 is 12.0 Å². The third-order valence-electron chi connectivity index (χ3n) is 3.18. The zero-order valence-electron chi connectivity index (χ0n) is 9.25. The fourth-order valence-electron chi connectivity index (χ4n) is 2.11. The second kappa shape index (κ2) is 3.75. The molecule has 1 aromatic rings. The zero-order valence-corrected chi connectivity index (χ0v) is 9.25. The van der Waals surface area contributed by atoms with Crippen LogP contribution in [0.1, 0.15) is 31.9 Å². The van der Waals surface area contributed by atoms with Crippen LogP contribution in [-0.2, 0) is 19.1 Å². The van der Waals surface area contributed by atoms with E-state index in [1.165, 1.54) is 4.57 Å². The minimum Gasteiger partial charge on any atom is -0.307 e. The number of nitrogens with zero attached hydrogens (tertiary/aromatic N) is 3. The van der Waals surface area contributed by atoms with Crippen LogP contribution in [0.5, 0.6) is 0 Å². The quantitative estimate of drug-likeness (QED) is 0.746. The Kier molecular flexibility index (Phi) is 2.67. The van der Waals surface area contributed by atoms with Crippen LogP contribution in [0.4, 0.5) is 13.2 Å². The van der Waals surface area contributed by atoms with E-state index in [2.05, 4.69) is 10.2 Å². The summed E-state index contributed by atoms with van der Waals surface area (Å²) in [6, 6.07) is 0. The Labute approximate surface area is 91.7 Å². The van der Waals surface area contributed by atoms with Crippen LogP contribution < -0.4 is 0 Å². The normalized spacial score (nSPS) is 21.2. The minimum absolute atomic E-state index is 0.282. The summed E-state index contributed by atoms with van der Waals surface area (Å²) in [6.45, 7) is 4.45. The van der Waals surface area contributed by atoms with E-state index in [0.717, 1.165) is 6.42 Å². The lowest BCUT2D eigenvalue weighted by Crippen LogP contribution is -2.27. The fraction of sp³-hybridized carbons (Fsp3) is 0.800. The van der Waals surface area contributed by atoms with Gasteiger partial charge in [-0.2, -0.15) is 13.2 Å². The second-order valence-corrected chi connectivity index (χ2v) is 4.59. The first-order chi connectivity index (χ1) is 7.39. The first-order valence-electron chi connectivity index (χ1n) is 5.39. The van der Waals surface area contributed by atoms with Crippen molar-refractivity contribution in [1.82, 2.24) is 14.8 Å².